The van der Waals surface area contributed by atoms with E-state index >= 15 is 0 Å². The van der Waals surface area contributed by atoms with E-state index in [-0.39, 0.29) is 11.3 Å². The van der Waals surface area contributed by atoms with Gasteiger partial charge < -0.3 is 24.6 Å². The summed E-state index contributed by atoms with van der Waals surface area (Å²) in [5.41, 5.74) is -0.464. The highest BCUT2D eigenvalue weighted by molar-refractivity contribution is 6.09. The molecule has 2 aromatic rings. The van der Waals surface area contributed by atoms with Crippen molar-refractivity contribution in [1.82, 2.24) is 0 Å². The molecule has 1 aliphatic heterocycles. The van der Waals surface area contributed by atoms with E-state index in [9.17, 15) is 19.5 Å². The minimum atomic E-state index is -1.28. The number of ether oxygens (including phenoxy) is 3. The number of nitrogens with zero attached hydrogens (tertiary/aromatic N) is 1. The molecule has 0 fully saturated rings. The second-order valence-corrected chi connectivity index (χ2v) is 7.51. The van der Waals surface area contributed by atoms with Gasteiger partial charge in [0.25, 0.3) is 5.91 Å². The number of hydrogen-bond donors (Lipinski definition) is 2. The largest absolute Gasteiger partial charge is 0.493 e. The van der Waals surface area contributed by atoms with Gasteiger partial charge in [-0.3, -0.25) is 14.5 Å². The monoisotopic (exact) mass is 428 g/mol. The van der Waals surface area contributed by atoms with Gasteiger partial charge in [-0.15, -0.1) is 0 Å². The molecule has 0 spiro atoms. The molecule has 31 heavy (non-hydrogen) atoms. The zero-order chi connectivity index (χ0) is 22.9. The number of hydrogen-bond acceptors (Lipinski definition) is 6. The molecule has 1 aliphatic rings. The minimum Gasteiger partial charge on any atom is -0.493 e. The van der Waals surface area contributed by atoms with Crippen LogP contribution in [0.3, 0.4) is 0 Å². The van der Waals surface area contributed by atoms with Crippen molar-refractivity contribution in [1.29, 1.82) is 0 Å². The van der Waals surface area contributed by atoms with E-state index in [0.717, 1.165) is 0 Å². The van der Waals surface area contributed by atoms with Crippen LogP contribution in [-0.2, 0) is 9.59 Å². The molecule has 1 unspecified atom stereocenters. The van der Waals surface area contributed by atoms with E-state index in [1.807, 2.05) is 0 Å². The average Bonchev–Trinajstić information content (AvgIpc) is 2.73. The number of carboxylic acids is 1. The van der Waals surface area contributed by atoms with Gasteiger partial charge in [0.2, 0.25) is 5.91 Å². The van der Waals surface area contributed by atoms with Crippen molar-refractivity contribution < 1.29 is 33.7 Å². The molecule has 2 aromatic carbocycles. The molecule has 164 valence electrons. The Balaban J connectivity index is 1.93. The van der Waals surface area contributed by atoms with E-state index in [0.29, 0.717) is 22.9 Å². The van der Waals surface area contributed by atoms with Crippen molar-refractivity contribution in [2.45, 2.75) is 32.4 Å². The van der Waals surface area contributed by atoms with E-state index < -0.39 is 29.4 Å². The maximum absolute atomic E-state index is 13.1. The molecule has 2 amide bonds. The normalized spacial score (nSPS) is 15.4. The summed E-state index contributed by atoms with van der Waals surface area (Å²) in [6, 6.07) is 8.20. The van der Waals surface area contributed by atoms with Gasteiger partial charge in [0.15, 0.2) is 17.1 Å². The third-order valence-corrected chi connectivity index (χ3v) is 4.98. The van der Waals surface area contributed by atoms with Crippen LogP contribution in [0.1, 0.15) is 31.1 Å². The molecular weight excluding hydrogens is 404 g/mol. The van der Waals surface area contributed by atoms with E-state index in [1.54, 1.807) is 39.0 Å². The maximum Gasteiger partial charge on any atom is 0.335 e. The van der Waals surface area contributed by atoms with Gasteiger partial charge in [-0.05, 0) is 51.1 Å². The van der Waals surface area contributed by atoms with Gasteiger partial charge in [-0.1, -0.05) is 0 Å². The van der Waals surface area contributed by atoms with Crippen molar-refractivity contribution in [2.24, 2.45) is 0 Å². The van der Waals surface area contributed by atoms with Crippen LogP contribution in [0.2, 0.25) is 0 Å². The molecule has 3 rings (SSSR count). The summed E-state index contributed by atoms with van der Waals surface area (Å²) in [6.07, 6.45) is 0. The first kappa shape index (κ1) is 21.9. The summed E-state index contributed by atoms with van der Waals surface area (Å²) in [5.74, 6) is -0.795. The highest BCUT2D eigenvalue weighted by Gasteiger charge is 2.44. The number of nitrogens with one attached hydrogen (secondary N) is 1. The highest BCUT2D eigenvalue weighted by Crippen LogP contribution is 2.40. The fourth-order valence-electron chi connectivity index (χ4n) is 3.31. The molecule has 0 radical (unpaired) electrons. The molecule has 0 aromatic heterocycles. The van der Waals surface area contributed by atoms with Gasteiger partial charge in [0.05, 0.1) is 25.5 Å². The van der Waals surface area contributed by atoms with Crippen molar-refractivity contribution in [3.63, 3.8) is 0 Å². The van der Waals surface area contributed by atoms with Crippen molar-refractivity contribution >= 4 is 29.2 Å². The van der Waals surface area contributed by atoms with Crippen molar-refractivity contribution in [3.05, 3.63) is 42.0 Å². The van der Waals surface area contributed by atoms with Crippen LogP contribution < -0.4 is 24.4 Å². The average molecular weight is 428 g/mol. The van der Waals surface area contributed by atoms with Gasteiger partial charge in [0.1, 0.15) is 11.8 Å². The Labute approximate surface area is 179 Å². The Hall–Kier alpha value is -3.75. The summed E-state index contributed by atoms with van der Waals surface area (Å²) in [7, 11) is 3.00. The van der Waals surface area contributed by atoms with Crippen LogP contribution in [0.5, 0.6) is 17.2 Å². The topological polar surface area (TPSA) is 114 Å². The van der Waals surface area contributed by atoms with Crippen molar-refractivity contribution in [3.8, 4) is 17.2 Å². The molecule has 9 heteroatoms. The van der Waals surface area contributed by atoms with Crippen LogP contribution in [0.25, 0.3) is 0 Å². The molecule has 9 nitrogen and oxygen atoms in total. The highest BCUT2D eigenvalue weighted by atomic mass is 16.5. The molecular formula is C22H24N2O7. The maximum atomic E-state index is 13.1. The summed E-state index contributed by atoms with van der Waals surface area (Å²) >= 11 is 0. The molecule has 0 aliphatic carbocycles. The van der Waals surface area contributed by atoms with Gasteiger partial charge in [0, 0.05) is 11.8 Å². The Morgan fingerprint density at radius 1 is 1.10 bits per heavy atom. The lowest BCUT2D eigenvalue weighted by molar-refractivity contribution is -0.134. The number of carbonyl (C=O) groups is 3. The SMILES string of the molecule is COc1ccc(NC(=O)C(C)N2C(=O)C(C)(C)Oc3cc(C(=O)O)ccc32)cc1OC. The Bertz CT molecular complexity index is 1050. The lowest BCUT2D eigenvalue weighted by atomic mass is 10.0. The number of anilines is 2. The smallest absolute Gasteiger partial charge is 0.335 e. The van der Waals surface area contributed by atoms with Crippen LogP contribution in [0, 0.1) is 0 Å². The van der Waals surface area contributed by atoms with Crippen LogP contribution in [0.15, 0.2) is 36.4 Å². The lowest BCUT2D eigenvalue weighted by Gasteiger charge is -2.41. The first-order chi connectivity index (χ1) is 14.6. The summed E-state index contributed by atoms with van der Waals surface area (Å²) in [5, 5.41) is 12.0. The number of benzene rings is 2. The predicted molar refractivity (Wildman–Crippen MR) is 113 cm³/mol. The minimum absolute atomic E-state index is 0.0197. The van der Waals surface area contributed by atoms with E-state index in [4.69, 9.17) is 14.2 Å². The van der Waals surface area contributed by atoms with Crippen LogP contribution >= 0.6 is 0 Å². The fraction of sp³-hybridized carbons (Fsp3) is 0.318. The number of rotatable bonds is 6. The second kappa shape index (κ2) is 8.17. The number of amides is 2. The molecule has 0 saturated heterocycles. The quantitative estimate of drug-likeness (QED) is 0.727. The van der Waals surface area contributed by atoms with Crippen LogP contribution in [0.4, 0.5) is 11.4 Å². The lowest BCUT2D eigenvalue weighted by Crippen LogP contribution is -2.57. The molecule has 2 N–H and O–H groups in total. The van der Waals surface area contributed by atoms with Gasteiger partial charge >= 0.3 is 5.97 Å². The molecule has 1 atom stereocenters. The standard InChI is InChI=1S/C22H24N2O7/c1-12(19(25)23-14-7-9-16(29-4)18(11-14)30-5)24-15-8-6-13(20(26)27)10-17(15)31-22(2,3)21(24)28/h6-12H,1-5H3,(H,23,25)(H,26,27). The van der Waals surface area contributed by atoms with Crippen molar-refractivity contribution in [2.75, 3.05) is 24.4 Å². The summed E-state index contributed by atoms with van der Waals surface area (Å²) in [6.45, 7) is 4.72. The number of carbonyl (C=O) groups excluding carboxylic acids is 2. The fourth-order valence-corrected chi connectivity index (χ4v) is 3.31. The number of methoxy groups -OCH3 is 2. The van der Waals surface area contributed by atoms with Crippen LogP contribution in [-0.4, -0.2) is 48.8 Å². The first-order valence-corrected chi connectivity index (χ1v) is 9.52. The number of carboxylic acid groups (broad SMARTS) is 1. The Kier molecular flexibility index (Phi) is 5.79. The Morgan fingerprint density at radius 2 is 1.77 bits per heavy atom. The van der Waals surface area contributed by atoms with Gasteiger partial charge in [-0.25, -0.2) is 4.79 Å². The number of fused-ring (bicyclic) bond motifs is 1. The second-order valence-electron chi connectivity index (χ2n) is 7.51. The van der Waals surface area contributed by atoms with E-state index in [2.05, 4.69) is 5.32 Å². The van der Waals surface area contributed by atoms with Gasteiger partial charge in [-0.2, -0.15) is 0 Å². The number of aromatic carboxylic acids is 1. The Morgan fingerprint density at radius 3 is 2.39 bits per heavy atom. The molecule has 0 bridgehead atoms. The zero-order valence-corrected chi connectivity index (χ0v) is 17.9. The van der Waals surface area contributed by atoms with E-state index in [1.165, 1.54) is 37.3 Å². The zero-order valence-electron chi connectivity index (χ0n) is 17.9. The third kappa shape index (κ3) is 4.11. The third-order valence-electron chi connectivity index (χ3n) is 4.98. The molecule has 0 saturated carbocycles. The summed E-state index contributed by atoms with van der Waals surface area (Å²) < 4.78 is 16.2. The summed E-state index contributed by atoms with van der Waals surface area (Å²) in [4.78, 5) is 38.7. The predicted octanol–water partition coefficient (Wildman–Crippen LogP) is 2.93. The first-order valence-electron chi connectivity index (χ1n) is 9.52. The molecule has 1 heterocycles.